The molecule has 0 radical (unpaired) electrons. The lowest BCUT2D eigenvalue weighted by molar-refractivity contribution is -0.141. The molecule has 0 unspecified atom stereocenters. The molecule has 1 fully saturated rings. The largest absolute Gasteiger partial charge is 0.352 e. The fourth-order valence-corrected chi connectivity index (χ4v) is 4.71. The fourth-order valence-electron chi connectivity index (χ4n) is 4.20. The molecule has 0 aromatic heterocycles. The van der Waals surface area contributed by atoms with E-state index in [0.717, 1.165) is 25.7 Å². The van der Waals surface area contributed by atoms with Gasteiger partial charge < -0.3 is 10.2 Å². The summed E-state index contributed by atoms with van der Waals surface area (Å²) in [4.78, 5) is 28.2. The minimum Gasteiger partial charge on any atom is -0.352 e. The summed E-state index contributed by atoms with van der Waals surface area (Å²) in [5.41, 5.74) is 1.28. The van der Waals surface area contributed by atoms with Crippen molar-refractivity contribution < 1.29 is 14.0 Å². The number of benzene rings is 2. The van der Waals surface area contributed by atoms with Gasteiger partial charge in [0.1, 0.15) is 11.9 Å². The van der Waals surface area contributed by atoms with Gasteiger partial charge in [-0.2, -0.15) is 0 Å². The molecule has 1 atom stereocenters. The van der Waals surface area contributed by atoms with Gasteiger partial charge in [0.05, 0.1) is 6.42 Å². The van der Waals surface area contributed by atoms with Gasteiger partial charge in [0, 0.05) is 28.2 Å². The van der Waals surface area contributed by atoms with Crippen LogP contribution in [0.5, 0.6) is 0 Å². The van der Waals surface area contributed by atoms with E-state index in [9.17, 15) is 14.0 Å². The molecular weight excluding hydrogens is 450 g/mol. The lowest BCUT2D eigenvalue weighted by Crippen LogP contribution is -2.52. The summed E-state index contributed by atoms with van der Waals surface area (Å²) in [5.74, 6) is -0.757. The maximum absolute atomic E-state index is 13.4. The number of halogens is 3. The molecule has 0 bridgehead atoms. The Balaban J connectivity index is 1.85. The first kappa shape index (κ1) is 24.5. The highest BCUT2D eigenvalue weighted by Gasteiger charge is 2.31. The van der Waals surface area contributed by atoms with Gasteiger partial charge >= 0.3 is 0 Å². The molecule has 2 amide bonds. The fraction of sp³-hybridized carbons (Fsp3) is 0.440. The Hall–Kier alpha value is -2.11. The van der Waals surface area contributed by atoms with E-state index in [2.05, 4.69) is 5.32 Å². The minimum atomic E-state index is -0.655. The van der Waals surface area contributed by atoms with Gasteiger partial charge in [-0.3, -0.25) is 9.59 Å². The summed E-state index contributed by atoms with van der Waals surface area (Å²) in [7, 11) is 0. The van der Waals surface area contributed by atoms with Gasteiger partial charge in [-0.05, 0) is 49.1 Å². The van der Waals surface area contributed by atoms with Gasteiger partial charge in [0.15, 0.2) is 0 Å². The third kappa shape index (κ3) is 6.46. The van der Waals surface area contributed by atoms with E-state index in [0.29, 0.717) is 27.6 Å². The van der Waals surface area contributed by atoms with Crippen molar-refractivity contribution in [3.05, 3.63) is 69.5 Å². The zero-order valence-electron chi connectivity index (χ0n) is 18.3. The highest BCUT2D eigenvalue weighted by molar-refractivity contribution is 6.36. The number of nitrogens with one attached hydrogen (secondary N) is 1. The summed E-state index contributed by atoms with van der Waals surface area (Å²) in [6.07, 6.45) is 5.82. The predicted molar refractivity (Wildman–Crippen MR) is 126 cm³/mol. The quantitative estimate of drug-likeness (QED) is 0.510. The second-order valence-electron chi connectivity index (χ2n) is 8.29. The number of carbonyl (C=O) groups is 2. The van der Waals surface area contributed by atoms with Gasteiger partial charge in [0.2, 0.25) is 11.8 Å². The van der Waals surface area contributed by atoms with Crippen LogP contribution in [0.4, 0.5) is 4.39 Å². The van der Waals surface area contributed by atoms with E-state index in [1.807, 2.05) is 6.92 Å². The van der Waals surface area contributed by atoms with Gasteiger partial charge in [0.25, 0.3) is 0 Å². The average Bonchev–Trinajstić information content (AvgIpc) is 2.77. The Morgan fingerprint density at radius 3 is 2.28 bits per heavy atom. The molecule has 2 aromatic rings. The van der Waals surface area contributed by atoms with Crippen molar-refractivity contribution in [2.75, 3.05) is 0 Å². The smallest absolute Gasteiger partial charge is 0.243 e. The molecule has 1 N–H and O–H groups in total. The Kier molecular flexibility index (Phi) is 8.94. The Morgan fingerprint density at radius 1 is 1.06 bits per heavy atom. The van der Waals surface area contributed by atoms with Gasteiger partial charge in [-0.15, -0.1) is 0 Å². The van der Waals surface area contributed by atoms with Crippen LogP contribution in [0.2, 0.25) is 10.0 Å². The van der Waals surface area contributed by atoms with Crippen molar-refractivity contribution in [2.24, 2.45) is 0 Å². The molecule has 0 heterocycles. The van der Waals surface area contributed by atoms with Crippen LogP contribution in [0.3, 0.4) is 0 Å². The topological polar surface area (TPSA) is 49.4 Å². The third-order valence-electron chi connectivity index (χ3n) is 6.00. The maximum atomic E-state index is 13.4. The molecule has 2 aromatic carbocycles. The number of hydrogen-bond donors (Lipinski definition) is 1. The van der Waals surface area contributed by atoms with E-state index in [1.165, 1.54) is 18.6 Å². The zero-order valence-corrected chi connectivity index (χ0v) is 19.8. The first-order valence-corrected chi connectivity index (χ1v) is 11.9. The Bertz CT molecular complexity index is 910. The van der Waals surface area contributed by atoms with Crippen molar-refractivity contribution in [3.63, 3.8) is 0 Å². The summed E-state index contributed by atoms with van der Waals surface area (Å²) in [5, 5.41) is 4.03. The predicted octanol–water partition coefficient (Wildman–Crippen LogP) is 5.93. The number of rotatable bonds is 8. The van der Waals surface area contributed by atoms with Crippen LogP contribution in [0, 0.1) is 5.82 Å². The number of amides is 2. The molecule has 4 nitrogen and oxygen atoms in total. The van der Waals surface area contributed by atoms with Crippen LogP contribution in [0.1, 0.15) is 56.6 Å². The number of nitrogens with zero attached hydrogens (tertiary/aromatic N) is 1. The van der Waals surface area contributed by atoms with E-state index < -0.39 is 6.04 Å². The van der Waals surface area contributed by atoms with E-state index in [1.54, 1.807) is 35.2 Å². The standard InChI is InChI=1S/C25H29Cl2FN2O2/c1-2-23(25(32)29-19-7-4-3-5-8-19)30(16-20-21(26)9-6-10-22(20)27)24(31)15-17-11-13-18(28)14-12-17/h6,9-14,19,23H,2-5,7-8,15-16H2,1H3,(H,29,32)/t23-/m1/s1. The number of hydrogen-bond acceptors (Lipinski definition) is 2. The van der Waals surface area contributed by atoms with Crippen LogP contribution >= 0.6 is 23.2 Å². The zero-order chi connectivity index (χ0) is 23.1. The molecule has 0 saturated heterocycles. The van der Waals surface area contributed by atoms with E-state index >= 15 is 0 Å². The molecule has 7 heteroatoms. The van der Waals surface area contributed by atoms with Crippen molar-refractivity contribution >= 4 is 35.0 Å². The molecular formula is C25H29Cl2FN2O2. The molecule has 3 rings (SSSR count). The lowest BCUT2D eigenvalue weighted by Gasteiger charge is -2.33. The number of carbonyl (C=O) groups excluding carboxylic acids is 2. The normalized spacial score (nSPS) is 15.2. The SMILES string of the molecule is CC[C@H](C(=O)NC1CCCCC1)N(Cc1c(Cl)cccc1Cl)C(=O)Cc1ccc(F)cc1. The molecule has 1 saturated carbocycles. The monoisotopic (exact) mass is 478 g/mol. The lowest BCUT2D eigenvalue weighted by atomic mass is 9.95. The van der Waals surface area contributed by atoms with Crippen LogP contribution in [-0.2, 0) is 22.6 Å². The van der Waals surface area contributed by atoms with Crippen LogP contribution in [0.25, 0.3) is 0 Å². The summed E-state index contributed by atoms with van der Waals surface area (Å²) in [6, 6.07) is 10.5. The minimum absolute atomic E-state index is 0.0512. The van der Waals surface area contributed by atoms with Crippen molar-refractivity contribution in [3.8, 4) is 0 Å². The molecule has 1 aliphatic rings. The van der Waals surface area contributed by atoms with Gasteiger partial charge in [-0.25, -0.2) is 4.39 Å². The second-order valence-corrected chi connectivity index (χ2v) is 9.11. The third-order valence-corrected chi connectivity index (χ3v) is 6.70. The van der Waals surface area contributed by atoms with Crippen LogP contribution in [-0.4, -0.2) is 28.8 Å². The Morgan fingerprint density at radius 2 is 1.69 bits per heavy atom. The first-order valence-electron chi connectivity index (χ1n) is 11.2. The highest BCUT2D eigenvalue weighted by atomic mass is 35.5. The molecule has 1 aliphatic carbocycles. The molecule has 32 heavy (non-hydrogen) atoms. The molecule has 172 valence electrons. The van der Waals surface area contributed by atoms with Crippen molar-refractivity contribution in [1.29, 1.82) is 0 Å². The average molecular weight is 479 g/mol. The summed E-state index contributed by atoms with van der Waals surface area (Å²) in [6.45, 7) is 2.01. The van der Waals surface area contributed by atoms with E-state index in [4.69, 9.17) is 23.2 Å². The Labute approximate surface area is 199 Å². The van der Waals surface area contributed by atoms with Crippen LogP contribution in [0.15, 0.2) is 42.5 Å². The van der Waals surface area contributed by atoms with Crippen LogP contribution < -0.4 is 5.32 Å². The van der Waals surface area contributed by atoms with Crippen molar-refractivity contribution in [1.82, 2.24) is 10.2 Å². The maximum Gasteiger partial charge on any atom is 0.243 e. The summed E-state index contributed by atoms with van der Waals surface area (Å²) < 4.78 is 13.3. The van der Waals surface area contributed by atoms with Crippen molar-refractivity contribution in [2.45, 2.75) is 70.5 Å². The second kappa shape index (κ2) is 11.7. The molecule has 0 aliphatic heterocycles. The first-order chi connectivity index (χ1) is 15.4. The summed E-state index contributed by atoms with van der Waals surface area (Å²) >= 11 is 12.7. The van der Waals surface area contributed by atoms with Gasteiger partial charge in [-0.1, -0.05) is 67.6 Å². The van der Waals surface area contributed by atoms with E-state index in [-0.39, 0.29) is 36.6 Å². The molecule has 0 spiro atoms. The highest BCUT2D eigenvalue weighted by Crippen LogP contribution is 2.27.